The molecule has 1 N–H and O–H groups in total. The Kier molecular flexibility index (Phi) is 10.6. The Morgan fingerprint density at radius 3 is 2.12 bits per heavy atom. The first-order valence-electron chi connectivity index (χ1n) is 13.0. The lowest BCUT2D eigenvalue weighted by Crippen LogP contribution is -2.52. The Morgan fingerprint density at radius 1 is 0.925 bits per heavy atom. The SMILES string of the molecule is CC[C@H](C)NC(=O)[C@@H](C)N(Cc1ccc(Cl)cc1Cl)C(=O)CN(c1cc(C)cc(C)c1)S(=O)(=O)c1ccccc1. The largest absolute Gasteiger partial charge is 0.352 e. The van der Waals surface area contributed by atoms with Gasteiger partial charge in [0.15, 0.2) is 0 Å². The number of nitrogens with zero attached hydrogens (tertiary/aromatic N) is 2. The number of nitrogens with one attached hydrogen (secondary N) is 1. The first-order valence-corrected chi connectivity index (χ1v) is 15.2. The Hall–Kier alpha value is -3.07. The van der Waals surface area contributed by atoms with Gasteiger partial charge in [-0.1, -0.05) is 60.5 Å². The van der Waals surface area contributed by atoms with E-state index in [-0.39, 0.29) is 23.4 Å². The van der Waals surface area contributed by atoms with Crippen molar-refractivity contribution in [2.24, 2.45) is 0 Å². The van der Waals surface area contributed by atoms with Crippen molar-refractivity contribution >= 4 is 50.7 Å². The highest BCUT2D eigenvalue weighted by Gasteiger charge is 2.33. The Balaban J connectivity index is 2.07. The summed E-state index contributed by atoms with van der Waals surface area (Å²) in [5, 5.41) is 3.68. The molecule has 0 aliphatic heterocycles. The molecule has 0 saturated carbocycles. The van der Waals surface area contributed by atoms with Gasteiger partial charge < -0.3 is 10.2 Å². The van der Waals surface area contributed by atoms with Crippen LogP contribution in [0, 0.1) is 13.8 Å². The van der Waals surface area contributed by atoms with Crippen LogP contribution in [0.5, 0.6) is 0 Å². The Bertz CT molecular complexity index is 1440. The van der Waals surface area contributed by atoms with E-state index >= 15 is 0 Å². The fraction of sp³-hybridized carbons (Fsp3) is 0.333. The van der Waals surface area contributed by atoms with Gasteiger partial charge in [0.05, 0.1) is 10.6 Å². The van der Waals surface area contributed by atoms with E-state index in [2.05, 4.69) is 5.32 Å². The molecule has 0 saturated heterocycles. The fourth-order valence-electron chi connectivity index (χ4n) is 4.22. The van der Waals surface area contributed by atoms with Gasteiger partial charge >= 0.3 is 0 Å². The van der Waals surface area contributed by atoms with Crippen LogP contribution in [-0.4, -0.2) is 43.8 Å². The van der Waals surface area contributed by atoms with Gasteiger partial charge in [-0.3, -0.25) is 13.9 Å². The maximum Gasteiger partial charge on any atom is 0.264 e. The lowest BCUT2D eigenvalue weighted by molar-refractivity contribution is -0.139. The van der Waals surface area contributed by atoms with E-state index in [4.69, 9.17) is 23.2 Å². The molecule has 0 aliphatic rings. The summed E-state index contributed by atoms with van der Waals surface area (Å²) in [6, 6.07) is 17.2. The second-order valence-corrected chi connectivity index (χ2v) is 12.6. The number of carbonyl (C=O) groups is 2. The summed E-state index contributed by atoms with van der Waals surface area (Å²) in [5.41, 5.74) is 2.63. The quantitative estimate of drug-likeness (QED) is 0.285. The van der Waals surface area contributed by atoms with E-state index in [1.807, 2.05) is 33.8 Å². The molecule has 0 aromatic heterocycles. The number of amides is 2. The van der Waals surface area contributed by atoms with Gasteiger partial charge in [0.1, 0.15) is 12.6 Å². The van der Waals surface area contributed by atoms with Crippen molar-refractivity contribution in [2.75, 3.05) is 10.8 Å². The lowest BCUT2D eigenvalue weighted by Gasteiger charge is -2.32. The zero-order chi connectivity index (χ0) is 29.6. The predicted octanol–water partition coefficient (Wildman–Crippen LogP) is 6.14. The molecule has 0 radical (unpaired) electrons. The first-order chi connectivity index (χ1) is 18.8. The average Bonchev–Trinajstić information content (AvgIpc) is 2.90. The van der Waals surface area contributed by atoms with Gasteiger partial charge in [-0.05, 0) is 87.2 Å². The third-order valence-electron chi connectivity index (χ3n) is 6.63. The standard InChI is InChI=1S/C30H35Cl2N3O4S/c1-6-22(4)33-30(37)23(5)34(18-24-12-13-25(31)17-28(24)32)29(36)19-35(26-15-20(2)14-21(3)16-26)40(38,39)27-10-8-7-9-11-27/h7-17,22-23H,6,18-19H2,1-5H3,(H,33,37)/t22-,23+/m0/s1. The number of halogens is 2. The second kappa shape index (κ2) is 13.5. The van der Waals surface area contributed by atoms with E-state index in [9.17, 15) is 18.0 Å². The summed E-state index contributed by atoms with van der Waals surface area (Å²) in [6.07, 6.45) is 0.714. The third-order valence-corrected chi connectivity index (χ3v) is 9.00. The van der Waals surface area contributed by atoms with Gasteiger partial charge in [-0.25, -0.2) is 8.42 Å². The zero-order valence-electron chi connectivity index (χ0n) is 23.3. The van der Waals surface area contributed by atoms with Crippen LogP contribution in [0.25, 0.3) is 0 Å². The topological polar surface area (TPSA) is 86.8 Å². The van der Waals surface area contributed by atoms with Gasteiger partial charge in [-0.15, -0.1) is 0 Å². The highest BCUT2D eigenvalue weighted by Crippen LogP contribution is 2.28. The van der Waals surface area contributed by atoms with Crippen molar-refractivity contribution in [2.45, 2.75) is 64.6 Å². The van der Waals surface area contributed by atoms with Gasteiger partial charge in [0.2, 0.25) is 11.8 Å². The molecule has 0 aliphatic carbocycles. The molecule has 0 bridgehead atoms. The van der Waals surface area contributed by atoms with Crippen LogP contribution in [0.2, 0.25) is 10.0 Å². The minimum absolute atomic E-state index is 0.0179. The van der Waals surface area contributed by atoms with Crippen LogP contribution in [0.4, 0.5) is 5.69 Å². The minimum atomic E-state index is -4.13. The number of carbonyl (C=O) groups excluding carboxylic acids is 2. The van der Waals surface area contributed by atoms with E-state index in [0.717, 1.165) is 15.4 Å². The van der Waals surface area contributed by atoms with Gasteiger partial charge in [0, 0.05) is 22.6 Å². The molecule has 10 heteroatoms. The van der Waals surface area contributed by atoms with Crippen LogP contribution in [-0.2, 0) is 26.2 Å². The van der Waals surface area contributed by atoms with Gasteiger partial charge in [-0.2, -0.15) is 0 Å². The normalized spacial score (nSPS) is 12.9. The lowest BCUT2D eigenvalue weighted by atomic mass is 10.1. The maximum absolute atomic E-state index is 14.0. The van der Waals surface area contributed by atoms with Gasteiger partial charge in [0.25, 0.3) is 10.0 Å². The smallest absolute Gasteiger partial charge is 0.264 e. The number of benzene rings is 3. The van der Waals surface area contributed by atoms with Crippen molar-refractivity contribution in [3.05, 3.63) is 93.5 Å². The van der Waals surface area contributed by atoms with Crippen LogP contribution in [0.1, 0.15) is 43.9 Å². The summed E-state index contributed by atoms with van der Waals surface area (Å²) < 4.78 is 28.9. The molecule has 40 heavy (non-hydrogen) atoms. The second-order valence-electron chi connectivity index (χ2n) is 9.92. The fourth-order valence-corrected chi connectivity index (χ4v) is 6.11. The van der Waals surface area contributed by atoms with E-state index in [1.165, 1.54) is 17.0 Å². The Labute approximate surface area is 247 Å². The monoisotopic (exact) mass is 603 g/mol. The van der Waals surface area contributed by atoms with Crippen molar-refractivity contribution in [3.8, 4) is 0 Å². The molecule has 0 unspecified atom stereocenters. The predicted molar refractivity (Wildman–Crippen MR) is 161 cm³/mol. The van der Waals surface area contributed by atoms with Crippen molar-refractivity contribution in [3.63, 3.8) is 0 Å². The first kappa shape index (κ1) is 31.5. The molecule has 2 atom stereocenters. The molecule has 7 nitrogen and oxygen atoms in total. The molecule has 2 amide bonds. The number of hydrogen-bond donors (Lipinski definition) is 1. The molecule has 214 valence electrons. The molecule has 3 aromatic rings. The summed E-state index contributed by atoms with van der Waals surface area (Å²) >= 11 is 12.5. The summed E-state index contributed by atoms with van der Waals surface area (Å²) in [6.45, 7) is 8.63. The molecular weight excluding hydrogens is 569 g/mol. The highest BCUT2D eigenvalue weighted by molar-refractivity contribution is 7.92. The molecule has 0 spiro atoms. The van der Waals surface area contributed by atoms with Crippen LogP contribution >= 0.6 is 23.2 Å². The van der Waals surface area contributed by atoms with Crippen molar-refractivity contribution < 1.29 is 18.0 Å². The van der Waals surface area contributed by atoms with Crippen LogP contribution in [0.3, 0.4) is 0 Å². The van der Waals surface area contributed by atoms with E-state index in [1.54, 1.807) is 55.5 Å². The number of anilines is 1. The highest BCUT2D eigenvalue weighted by atomic mass is 35.5. The molecule has 0 heterocycles. The third kappa shape index (κ3) is 7.77. The minimum Gasteiger partial charge on any atom is -0.352 e. The molecular formula is C30H35Cl2N3O4S. The molecule has 0 fully saturated rings. The summed E-state index contributed by atoms with van der Waals surface area (Å²) in [7, 11) is -4.13. The number of rotatable bonds is 11. The van der Waals surface area contributed by atoms with Crippen LogP contribution < -0.4 is 9.62 Å². The summed E-state index contributed by atoms with van der Waals surface area (Å²) in [4.78, 5) is 28.6. The van der Waals surface area contributed by atoms with Crippen molar-refractivity contribution in [1.82, 2.24) is 10.2 Å². The summed E-state index contributed by atoms with van der Waals surface area (Å²) in [5.74, 6) is -0.909. The number of hydrogen-bond acceptors (Lipinski definition) is 4. The molecule has 3 rings (SSSR count). The maximum atomic E-state index is 14.0. The zero-order valence-corrected chi connectivity index (χ0v) is 25.6. The number of aryl methyl sites for hydroxylation is 2. The number of sulfonamides is 1. The van der Waals surface area contributed by atoms with E-state index < -0.39 is 28.5 Å². The molecule has 3 aromatic carbocycles. The van der Waals surface area contributed by atoms with Crippen LogP contribution in [0.15, 0.2) is 71.6 Å². The van der Waals surface area contributed by atoms with Crippen molar-refractivity contribution in [1.29, 1.82) is 0 Å². The Morgan fingerprint density at radius 2 is 1.55 bits per heavy atom. The van der Waals surface area contributed by atoms with E-state index in [0.29, 0.717) is 27.7 Å². The average molecular weight is 605 g/mol.